The zero-order chi connectivity index (χ0) is 8.27. The minimum absolute atomic E-state index is 0.00222. The molecule has 1 heterocycles. The van der Waals surface area contributed by atoms with Crippen LogP contribution in [0.2, 0.25) is 0 Å². The van der Waals surface area contributed by atoms with Gasteiger partial charge in [0, 0.05) is 13.3 Å². The third-order valence-electron chi connectivity index (χ3n) is 1.57. The van der Waals surface area contributed by atoms with Gasteiger partial charge in [-0.05, 0) is 6.42 Å². The van der Waals surface area contributed by atoms with Crippen molar-refractivity contribution in [1.29, 1.82) is 0 Å². The van der Waals surface area contributed by atoms with Gasteiger partial charge < -0.3 is 14.6 Å². The minimum Gasteiger partial charge on any atom is -0.436 e. The summed E-state index contributed by atoms with van der Waals surface area (Å²) in [5, 5.41) is 8.65. The number of rotatable bonds is 2. The molecule has 1 aliphatic rings. The van der Waals surface area contributed by atoms with Crippen molar-refractivity contribution >= 4 is 5.97 Å². The maximum absolute atomic E-state index is 10.4. The molecule has 0 saturated carbocycles. The first-order chi connectivity index (χ1) is 5.22. The monoisotopic (exact) mass is 160 g/mol. The van der Waals surface area contributed by atoms with E-state index in [1.807, 2.05) is 0 Å². The highest BCUT2D eigenvalue weighted by molar-refractivity contribution is 5.66. The van der Waals surface area contributed by atoms with Crippen molar-refractivity contribution < 1.29 is 19.4 Å². The Labute approximate surface area is 65.1 Å². The molecule has 1 saturated heterocycles. The Morgan fingerprint density at radius 1 is 1.73 bits per heavy atom. The molecule has 64 valence electrons. The summed E-state index contributed by atoms with van der Waals surface area (Å²) in [6, 6.07) is 0. The molecule has 0 aromatic heterocycles. The number of ether oxygens (including phenoxy) is 2. The third kappa shape index (κ3) is 2.48. The summed E-state index contributed by atoms with van der Waals surface area (Å²) >= 11 is 0. The number of esters is 1. The fourth-order valence-corrected chi connectivity index (χ4v) is 1.08. The highest BCUT2D eigenvalue weighted by atomic mass is 16.7. The van der Waals surface area contributed by atoms with Crippen molar-refractivity contribution in [3.63, 3.8) is 0 Å². The molecule has 4 nitrogen and oxygen atoms in total. The van der Waals surface area contributed by atoms with Crippen LogP contribution in [0.25, 0.3) is 0 Å². The third-order valence-corrected chi connectivity index (χ3v) is 1.57. The lowest BCUT2D eigenvalue weighted by molar-refractivity contribution is -0.174. The highest BCUT2D eigenvalue weighted by Crippen LogP contribution is 2.19. The first-order valence-corrected chi connectivity index (χ1v) is 3.66. The Morgan fingerprint density at radius 2 is 2.45 bits per heavy atom. The summed E-state index contributed by atoms with van der Waals surface area (Å²) in [6.07, 6.45) is 0.850. The number of carbonyl (C=O) groups excluding carboxylic acids is 1. The Balaban J connectivity index is 2.24. The van der Waals surface area contributed by atoms with Gasteiger partial charge in [-0.3, -0.25) is 4.79 Å². The number of aliphatic hydroxyl groups is 1. The van der Waals surface area contributed by atoms with Crippen LogP contribution in [0.3, 0.4) is 0 Å². The SMILES string of the molecule is CC(=O)OC1CC[C@@H](CO)O1. The van der Waals surface area contributed by atoms with Crippen molar-refractivity contribution in [1.82, 2.24) is 0 Å². The molecular weight excluding hydrogens is 148 g/mol. The lowest BCUT2D eigenvalue weighted by Crippen LogP contribution is -2.18. The molecular formula is C7H12O4. The number of aliphatic hydroxyl groups excluding tert-OH is 1. The van der Waals surface area contributed by atoms with Gasteiger partial charge in [0.2, 0.25) is 6.29 Å². The van der Waals surface area contributed by atoms with E-state index in [0.717, 1.165) is 6.42 Å². The molecule has 0 bridgehead atoms. The number of hydrogen-bond acceptors (Lipinski definition) is 4. The summed E-state index contributed by atoms with van der Waals surface area (Å²) in [4.78, 5) is 10.4. The van der Waals surface area contributed by atoms with Gasteiger partial charge >= 0.3 is 5.97 Å². The fourth-order valence-electron chi connectivity index (χ4n) is 1.08. The summed E-state index contributed by atoms with van der Waals surface area (Å²) < 4.78 is 9.90. The summed E-state index contributed by atoms with van der Waals surface area (Å²) in [5.41, 5.74) is 0. The van der Waals surface area contributed by atoms with Crippen LogP contribution in [0.4, 0.5) is 0 Å². The van der Waals surface area contributed by atoms with E-state index >= 15 is 0 Å². The van der Waals surface area contributed by atoms with E-state index in [2.05, 4.69) is 0 Å². The van der Waals surface area contributed by atoms with Gasteiger partial charge in [-0.2, -0.15) is 0 Å². The number of carbonyl (C=O) groups is 1. The normalized spacial score (nSPS) is 30.4. The maximum Gasteiger partial charge on any atom is 0.304 e. The van der Waals surface area contributed by atoms with Crippen LogP contribution in [-0.2, 0) is 14.3 Å². The molecule has 0 spiro atoms. The van der Waals surface area contributed by atoms with Crippen LogP contribution in [0.5, 0.6) is 0 Å². The van der Waals surface area contributed by atoms with Gasteiger partial charge in [0.25, 0.3) is 0 Å². The van der Waals surface area contributed by atoms with Gasteiger partial charge in [-0.1, -0.05) is 0 Å². The van der Waals surface area contributed by atoms with Crippen LogP contribution < -0.4 is 0 Å². The van der Waals surface area contributed by atoms with Crippen LogP contribution in [-0.4, -0.2) is 30.1 Å². The highest BCUT2D eigenvalue weighted by Gasteiger charge is 2.26. The van der Waals surface area contributed by atoms with E-state index in [1.54, 1.807) is 0 Å². The zero-order valence-corrected chi connectivity index (χ0v) is 6.45. The Kier molecular flexibility index (Phi) is 2.84. The Bertz CT molecular complexity index is 145. The van der Waals surface area contributed by atoms with E-state index in [1.165, 1.54) is 6.92 Å². The first-order valence-electron chi connectivity index (χ1n) is 3.66. The van der Waals surface area contributed by atoms with Gasteiger partial charge in [-0.25, -0.2) is 0 Å². The first kappa shape index (κ1) is 8.49. The standard InChI is InChI=1S/C7H12O4/c1-5(9)10-7-3-2-6(4-8)11-7/h6-8H,2-4H2,1H3/t6-,7?/m0/s1. The van der Waals surface area contributed by atoms with Crippen LogP contribution in [0, 0.1) is 0 Å². The van der Waals surface area contributed by atoms with E-state index in [4.69, 9.17) is 14.6 Å². The predicted octanol–water partition coefficient (Wildman–Crippen LogP) is 0.0469. The van der Waals surface area contributed by atoms with Crippen molar-refractivity contribution in [2.45, 2.75) is 32.2 Å². The molecule has 2 atom stereocenters. The molecule has 1 rings (SSSR count). The molecule has 11 heavy (non-hydrogen) atoms. The quantitative estimate of drug-likeness (QED) is 0.580. The molecule has 0 amide bonds. The molecule has 0 aliphatic carbocycles. The summed E-state index contributed by atoms with van der Waals surface area (Å²) in [6.45, 7) is 1.34. The minimum atomic E-state index is -0.440. The average Bonchev–Trinajstić information content (AvgIpc) is 2.34. The topological polar surface area (TPSA) is 55.8 Å². The van der Waals surface area contributed by atoms with E-state index < -0.39 is 6.29 Å². The van der Waals surface area contributed by atoms with Crippen LogP contribution in [0.15, 0.2) is 0 Å². The van der Waals surface area contributed by atoms with Crippen LogP contribution >= 0.6 is 0 Å². The van der Waals surface area contributed by atoms with E-state index in [9.17, 15) is 4.79 Å². The molecule has 0 radical (unpaired) electrons. The van der Waals surface area contributed by atoms with Gasteiger partial charge in [0.1, 0.15) is 0 Å². The lowest BCUT2D eigenvalue weighted by atomic mass is 10.2. The fraction of sp³-hybridized carbons (Fsp3) is 0.857. The van der Waals surface area contributed by atoms with Crippen LogP contribution in [0.1, 0.15) is 19.8 Å². The van der Waals surface area contributed by atoms with Crippen molar-refractivity contribution in [2.75, 3.05) is 6.61 Å². The molecule has 4 heteroatoms. The Morgan fingerprint density at radius 3 is 2.91 bits per heavy atom. The number of hydrogen-bond donors (Lipinski definition) is 1. The van der Waals surface area contributed by atoms with Crippen molar-refractivity contribution in [3.8, 4) is 0 Å². The van der Waals surface area contributed by atoms with Crippen molar-refractivity contribution in [3.05, 3.63) is 0 Å². The maximum atomic E-state index is 10.4. The molecule has 1 unspecified atom stereocenters. The lowest BCUT2D eigenvalue weighted by Gasteiger charge is -2.10. The largest absolute Gasteiger partial charge is 0.436 e. The second-order valence-electron chi connectivity index (χ2n) is 2.56. The van der Waals surface area contributed by atoms with E-state index in [0.29, 0.717) is 6.42 Å². The van der Waals surface area contributed by atoms with Gasteiger partial charge in [-0.15, -0.1) is 0 Å². The summed E-state index contributed by atoms with van der Waals surface area (Å²) in [7, 11) is 0. The second-order valence-corrected chi connectivity index (χ2v) is 2.56. The molecule has 1 fully saturated rings. The average molecular weight is 160 g/mol. The molecule has 0 aromatic rings. The summed E-state index contributed by atoms with van der Waals surface area (Å²) in [5.74, 6) is -0.339. The second kappa shape index (κ2) is 3.69. The van der Waals surface area contributed by atoms with Crippen molar-refractivity contribution in [2.24, 2.45) is 0 Å². The predicted molar refractivity (Wildman–Crippen MR) is 36.7 cm³/mol. The molecule has 1 N–H and O–H groups in total. The molecule has 1 aliphatic heterocycles. The molecule has 0 aromatic carbocycles. The van der Waals surface area contributed by atoms with E-state index in [-0.39, 0.29) is 18.7 Å². The smallest absolute Gasteiger partial charge is 0.304 e. The zero-order valence-electron chi connectivity index (χ0n) is 6.45. The Hall–Kier alpha value is -0.610. The van der Waals surface area contributed by atoms with Gasteiger partial charge in [0.15, 0.2) is 0 Å². The van der Waals surface area contributed by atoms with Gasteiger partial charge in [0.05, 0.1) is 12.7 Å².